The number of nitrogens with zero attached hydrogens (tertiary/aromatic N) is 2. The van der Waals surface area contributed by atoms with E-state index in [2.05, 4.69) is 22.0 Å². The number of hydrogen-bond acceptors (Lipinski definition) is 6. The maximum atomic E-state index is 12.8. The Balaban J connectivity index is 1.38. The van der Waals surface area contributed by atoms with Crippen LogP contribution in [0.1, 0.15) is 39.2 Å². The Morgan fingerprint density at radius 3 is 2.65 bits per heavy atom. The molecular weight excluding hydrogens is 434 g/mol. The van der Waals surface area contributed by atoms with Gasteiger partial charge in [-0.3, -0.25) is 9.69 Å². The van der Waals surface area contributed by atoms with Gasteiger partial charge in [0.05, 0.1) is 19.2 Å². The van der Waals surface area contributed by atoms with E-state index in [0.29, 0.717) is 17.1 Å². The van der Waals surface area contributed by atoms with Gasteiger partial charge >= 0.3 is 5.97 Å². The summed E-state index contributed by atoms with van der Waals surface area (Å²) in [5.41, 5.74) is 3.97. The molecule has 1 aliphatic heterocycles. The Morgan fingerprint density at radius 2 is 1.90 bits per heavy atom. The first-order chi connectivity index (χ1) is 15.0. The molecule has 2 aliphatic rings. The Kier molecular flexibility index (Phi) is 6.84. The quantitative estimate of drug-likeness (QED) is 0.678. The number of fused-ring (bicyclic) bond motifs is 1. The second-order valence-electron chi connectivity index (χ2n) is 8.15. The fourth-order valence-corrected chi connectivity index (χ4v) is 5.87. The van der Waals surface area contributed by atoms with Gasteiger partial charge in [-0.15, -0.1) is 11.3 Å². The number of ether oxygens (including phenoxy) is 1. The third kappa shape index (κ3) is 4.89. The number of anilines is 2. The lowest BCUT2D eigenvalue weighted by Gasteiger charge is -2.36. The number of halogens is 1. The molecule has 8 heteroatoms. The predicted molar refractivity (Wildman–Crippen MR) is 126 cm³/mol. The number of piperazine rings is 1. The van der Waals surface area contributed by atoms with Crippen LogP contribution in [-0.4, -0.2) is 56.6 Å². The summed E-state index contributed by atoms with van der Waals surface area (Å²) in [5, 5.41) is 4.37. The van der Waals surface area contributed by atoms with Crippen molar-refractivity contribution in [1.29, 1.82) is 0 Å². The standard InChI is InChI=1S/C23H28ClN3O3S/c1-15-7-8-16(24)13-18(15)27-11-9-26(10-12-27)14-20(28)25-22-21(23(29)30-2)17-5-3-4-6-19(17)31-22/h7-8,13H,3-6,9-12,14H2,1-2H3,(H,25,28). The van der Waals surface area contributed by atoms with E-state index in [1.54, 1.807) is 0 Å². The topological polar surface area (TPSA) is 61.9 Å². The number of rotatable bonds is 5. The Hall–Kier alpha value is -2.09. The molecule has 1 aromatic heterocycles. The molecule has 0 saturated carbocycles. The molecule has 1 aliphatic carbocycles. The molecular formula is C23H28ClN3O3S. The molecule has 1 fully saturated rings. The molecule has 0 bridgehead atoms. The molecule has 0 spiro atoms. The Bertz CT molecular complexity index is 983. The summed E-state index contributed by atoms with van der Waals surface area (Å²) in [6, 6.07) is 5.95. The first kappa shape index (κ1) is 22.1. The van der Waals surface area contributed by atoms with Crippen molar-refractivity contribution in [3.63, 3.8) is 0 Å². The number of amides is 1. The largest absolute Gasteiger partial charge is 0.465 e. The summed E-state index contributed by atoms with van der Waals surface area (Å²) in [7, 11) is 1.39. The van der Waals surface area contributed by atoms with Crippen LogP contribution in [0.25, 0.3) is 0 Å². The Morgan fingerprint density at radius 1 is 1.16 bits per heavy atom. The summed E-state index contributed by atoms with van der Waals surface area (Å²) in [6.07, 6.45) is 4.02. The second-order valence-corrected chi connectivity index (χ2v) is 9.69. The van der Waals surface area contributed by atoms with Crippen LogP contribution in [0.15, 0.2) is 18.2 Å². The van der Waals surface area contributed by atoms with E-state index in [1.807, 2.05) is 18.2 Å². The van der Waals surface area contributed by atoms with E-state index in [-0.39, 0.29) is 11.9 Å². The van der Waals surface area contributed by atoms with Crippen LogP contribution < -0.4 is 10.2 Å². The van der Waals surface area contributed by atoms with E-state index in [4.69, 9.17) is 16.3 Å². The van der Waals surface area contributed by atoms with E-state index in [9.17, 15) is 9.59 Å². The van der Waals surface area contributed by atoms with Crippen molar-refractivity contribution in [2.24, 2.45) is 0 Å². The molecule has 0 radical (unpaired) electrons. The fourth-order valence-electron chi connectivity index (χ4n) is 4.41. The maximum Gasteiger partial charge on any atom is 0.341 e. The van der Waals surface area contributed by atoms with Crippen LogP contribution in [0.5, 0.6) is 0 Å². The summed E-state index contributed by atoms with van der Waals surface area (Å²) in [6.45, 7) is 5.68. The zero-order chi connectivity index (χ0) is 22.0. The normalized spacial score (nSPS) is 16.7. The van der Waals surface area contributed by atoms with Gasteiger partial charge < -0.3 is 15.0 Å². The lowest BCUT2D eigenvalue weighted by Crippen LogP contribution is -2.48. The number of thiophene rings is 1. The van der Waals surface area contributed by atoms with Gasteiger partial charge in [-0.1, -0.05) is 17.7 Å². The van der Waals surface area contributed by atoms with Crippen LogP contribution in [-0.2, 0) is 22.4 Å². The first-order valence-electron chi connectivity index (χ1n) is 10.7. The van der Waals surface area contributed by atoms with Crippen molar-refractivity contribution in [3.8, 4) is 0 Å². The van der Waals surface area contributed by atoms with Crippen LogP contribution in [0.3, 0.4) is 0 Å². The molecule has 4 rings (SSSR count). The molecule has 1 amide bonds. The number of aryl methyl sites for hydroxylation is 2. The first-order valence-corrected chi connectivity index (χ1v) is 11.9. The molecule has 31 heavy (non-hydrogen) atoms. The van der Waals surface area contributed by atoms with Crippen molar-refractivity contribution < 1.29 is 14.3 Å². The van der Waals surface area contributed by atoms with E-state index in [0.717, 1.165) is 68.1 Å². The molecule has 1 saturated heterocycles. The minimum Gasteiger partial charge on any atom is -0.465 e. The van der Waals surface area contributed by atoms with Gasteiger partial charge in [-0.05, 0) is 55.9 Å². The van der Waals surface area contributed by atoms with E-state index < -0.39 is 0 Å². The SMILES string of the molecule is COC(=O)c1c(NC(=O)CN2CCN(c3cc(Cl)ccc3C)CC2)sc2c1CCCC2. The van der Waals surface area contributed by atoms with Gasteiger partial charge in [-0.25, -0.2) is 4.79 Å². The highest BCUT2D eigenvalue weighted by Gasteiger charge is 2.27. The summed E-state index contributed by atoms with van der Waals surface area (Å²) >= 11 is 7.70. The highest BCUT2D eigenvalue weighted by atomic mass is 35.5. The second kappa shape index (κ2) is 9.59. The number of hydrogen-bond donors (Lipinski definition) is 1. The zero-order valence-corrected chi connectivity index (χ0v) is 19.6. The van der Waals surface area contributed by atoms with Crippen LogP contribution in [0, 0.1) is 6.92 Å². The van der Waals surface area contributed by atoms with Gasteiger partial charge in [0.2, 0.25) is 5.91 Å². The highest BCUT2D eigenvalue weighted by Crippen LogP contribution is 2.38. The predicted octanol–water partition coefficient (Wildman–Crippen LogP) is 4.14. The summed E-state index contributed by atoms with van der Waals surface area (Å²) < 4.78 is 5.00. The Labute approximate surface area is 192 Å². The molecule has 2 aromatic rings. The number of esters is 1. The van der Waals surface area contributed by atoms with Crippen LogP contribution in [0.2, 0.25) is 5.02 Å². The lowest BCUT2D eigenvalue weighted by atomic mass is 9.95. The van der Waals surface area contributed by atoms with Crippen molar-refractivity contribution >= 4 is 45.5 Å². The average Bonchev–Trinajstić information content (AvgIpc) is 3.13. The zero-order valence-electron chi connectivity index (χ0n) is 18.0. The highest BCUT2D eigenvalue weighted by molar-refractivity contribution is 7.17. The maximum absolute atomic E-state index is 12.8. The monoisotopic (exact) mass is 461 g/mol. The molecule has 0 unspecified atom stereocenters. The van der Waals surface area contributed by atoms with Crippen molar-refractivity contribution in [1.82, 2.24) is 4.90 Å². The molecule has 1 N–H and O–H groups in total. The van der Waals surface area contributed by atoms with E-state index in [1.165, 1.54) is 28.9 Å². The molecule has 2 heterocycles. The van der Waals surface area contributed by atoms with Gasteiger partial charge in [0.25, 0.3) is 0 Å². The number of carbonyl (C=O) groups is 2. The van der Waals surface area contributed by atoms with Gasteiger partial charge in [0.1, 0.15) is 5.00 Å². The van der Waals surface area contributed by atoms with Gasteiger partial charge in [0.15, 0.2) is 0 Å². The number of nitrogens with one attached hydrogen (secondary N) is 1. The van der Waals surface area contributed by atoms with Crippen molar-refractivity contribution in [2.45, 2.75) is 32.6 Å². The van der Waals surface area contributed by atoms with E-state index >= 15 is 0 Å². The molecule has 1 aromatic carbocycles. The van der Waals surface area contributed by atoms with Gasteiger partial charge in [-0.2, -0.15) is 0 Å². The van der Waals surface area contributed by atoms with Crippen molar-refractivity contribution in [3.05, 3.63) is 44.8 Å². The number of methoxy groups -OCH3 is 1. The summed E-state index contributed by atoms with van der Waals surface area (Å²) in [4.78, 5) is 30.8. The van der Waals surface area contributed by atoms with Crippen LogP contribution >= 0.6 is 22.9 Å². The minimum absolute atomic E-state index is 0.0869. The summed E-state index contributed by atoms with van der Waals surface area (Å²) in [5.74, 6) is -0.448. The molecule has 6 nitrogen and oxygen atoms in total. The third-order valence-corrected chi connectivity index (χ3v) is 7.51. The third-order valence-electron chi connectivity index (χ3n) is 6.07. The minimum atomic E-state index is -0.361. The number of carbonyl (C=O) groups excluding carboxylic acids is 2. The lowest BCUT2D eigenvalue weighted by molar-refractivity contribution is -0.117. The average molecular weight is 462 g/mol. The van der Waals surface area contributed by atoms with Crippen LogP contribution in [0.4, 0.5) is 10.7 Å². The molecule has 166 valence electrons. The number of benzene rings is 1. The smallest absolute Gasteiger partial charge is 0.341 e. The fraction of sp³-hybridized carbons (Fsp3) is 0.478. The molecule has 0 atom stereocenters. The van der Waals surface area contributed by atoms with Crippen molar-refractivity contribution in [2.75, 3.05) is 50.1 Å². The van der Waals surface area contributed by atoms with Gasteiger partial charge in [0, 0.05) is 41.8 Å².